The second-order valence-electron chi connectivity index (χ2n) is 3.07. The van der Waals surface area contributed by atoms with Crippen LogP contribution >= 0.6 is 0 Å². The zero-order valence-electron chi connectivity index (χ0n) is 9.07. The minimum atomic E-state index is -3.56. The number of hydrogen-bond donors (Lipinski definition) is 1. The fourth-order valence-electron chi connectivity index (χ4n) is 1.23. The predicted molar refractivity (Wildman–Crippen MR) is 60.9 cm³/mol. The van der Waals surface area contributed by atoms with Crippen molar-refractivity contribution in [2.75, 3.05) is 19.5 Å². The first-order valence-electron chi connectivity index (χ1n) is 4.62. The van der Waals surface area contributed by atoms with E-state index in [0.717, 1.165) is 0 Å². The third kappa shape index (κ3) is 3.10. The molecule has 0 aliphatic carbocycles. The van der Waals surface area contributed by atoms with E-state index in [2.05, 4.69) is 10.0 Å². The third-order valence-corrected chi connectivity index (χ3v) is 3.71. The molecule has 0 spiro atoms. The molecule has 1 rings (SSSR count). The van der Waals surface area contributed by atoms with Crippen LogP contribution in [-0.4, -0.2) is 33.0 Å². The van der Waals surface area contributed by atoms with Crippen molar-refractivity contribution in [3.63, 3.8) is 0 Å². The second-order valence-corrected chi connectivity index (χ2v) is 5.17. The van der Waals surface area contributed by atoms with E-state index in [9.17, 15) is 8.42 Å². The van der Waals surface area contributed by atoms with Crippen LogP contribution in [0.1, 0.15) is 0 Å². The van der Waals surface area contributed by atoms with Gasteiger partial charge in [-0.25, -0.2) is 8.42 Å². The molecule has 1 N–H and O–H groups in total. The molecule has 1 aromatic rings. The number of methoxy groups -OCH3 is 1. The smallest absolute Gasteiger partial charge is 0.180 e. The Balaban J connectivity index is 3.30. The van der Waals surface area contributed by atoms with Crippen molar-refractivity contribution in [2.24, 2.45) is 5.11 Å². The Kier molecular flexibility index (Phi) is 4.33. The van der Waals surface area contributed by atoms with Gasteiger partial charge in [-0.15, -0.1) is 0 Å². The summed E-state index contributed by atoms with van der Waals surface area (Å²) < 4.78 is 28.2. The van der Waals surface area contributed by atoms with Gasteiger partial charge >= 0.3 is 0 Å². The summed E-state index contributed by atoms with van der Waals surface area (Å²) in [6.45, 7) is -0.467. The Morgan fingerprint density at radius 2 is 2.24 bits per heavy atom. The molecule has 0 saturated carbocycles. The largest absolute Gasteiger partial charge is 0.496 e. The molecular formula is C9H11N3O4S. The number of benzene rings is 1. The van der Waals surface area contributed by atoms with E-state index in [4.69, 9.17) is 15.4 Å². The summed E-state index contributed by atoms with van der Waals surface area (Å²) in [7, 11) is -2.18. The lowest BCUT2D eigenvalue weighted by atomic mass is 10.3. The van der Waals surface area contributed by atoms with Crippen LogP contribution in [0.25, 0.3) is 10.4 Å². The molecule has 7 nitrogen and oxygen atoms in total. The molecule has 0 aliphatic rings. The molecule has 1 aromatic carbocycles. The van der Waals surface area contributed by atoms with E-state index in [0.29, 0.717) is 0 Å². The summed E-state index contributed by atoms with van der Waals surface area (Å²) in [5.74, 6) is -0.0968. The Hall–Kier alpha value is -1.76. The van der Waals surface area contributed by atoms with E-state index in [1.165, 1.54) is 25.3 Å². The van der Waals surface area contributed by atoms with Crippen LogP contribution in [0.2, 0.25) is 0 Å². The monoisotopic (exact) mass is 257 g/mol. The summed E-state index contributed by atoms with van der Waals surface area (Å²) in [5.41, 5.74) is 8.44. The first-order chi connectivity index (χ1) is 8.05. The van der Waals surface area contributed by atoms with Crippen LogP contribution in [0.3, 0.4) is 0 Å². The van der Waals surface area contributed by atoms with Gasteiger partial charge in [-0.1, -0.05) is 5.11 Å². The lowest BCUT2D eigenvalue weighted by Crippen LogP contribution is -2.09. The zero-order valence-corrected chi connectivity index (χ0v) is 9.88. The molecule has 0 amide bonds. The summed E-state index contributed by atoms with van der Waals surface area (Å²) in [5, 5.41) is 12.0. The Bertz CT molecular complexity index is 549. The fraction of sp³-hybridized carbons (Fsp3) is 0.333. The number of rotatable bonds is 5. The van der Waals surface area contributed by atoms with E-state index in [-0.39, 0.29) is 22.1 Å². The van der Waals surface area contributed by atoms with E-state index < -0.39 is 16.4 Å². The van der Waals surface area contributed by atoms with E-state index in [1.54, 1.807) is 0 Å². The molecule has 8 heteroatoms. The highest BCUT2D eigenvalue weighted by molar-refractivity contribution is 7.91. The Labute approximate surface area is 98.2 Å². The minimum Gasteiger partial charge on any atom is -0.496 e. The van der Waals surface area contributed by atoms with Crippen molar-refractivity contribution < 1.29 is 18.3 Å². The number of aliphatic hydroxyl groups excluding tert-OH is 1. The standard InChI is InChI=1S/C9H11N3O4S/c1-16-9-3-2-7(6-8(9)11-12-10)17(14,15)5-4-13/h2-3,6,13H,4-5H2,1H3. The number of azide groups is 1. The highest BCUT2D eigenvalue weighted by Gasteiger charge is 2.15. The quantitative estimate of drug-likeness (QED) is 0.488. The van der Waals surface area contributed by atoms with Gasteiger partial charge < -0.3 is 9.84 Å². The molecule has 17 heavy (non-hydrogen) atoms. The molecule has 0 bridgehead atoms. The van der Waals surface area contributed by atoms with Crippen LogP contribution in [0, 0.1) is 0 Å². The maximum absolute atomic E-state index is 11.7. The lowest BCUT2D eigenvalue weighted by Gasteiger charge is -2.07. The van der Waals surface area contributed by atoms with Gasteiger partial charge in [-0.05, 0) is 23.7 Å². The van der Waals surface area contributed by atoms with Crippen molar-refractivity contribution in [1.29, 1.82) is 0 Å². The summed E-state index contributed by atoms with van der Waals surface area (Å²) in [4.78, 5) is 2.57. The van der Waals surface area contributed by atoms with Crippen LogP contribution in [0.5, 0.6) is 5.75 Å². The van der Waals surface area contributed by atoms with Crippen molar-refractivity contribution in [2.45, 2.75) is 4.90 Å². The third-order valence-electron chi connectivity index (χ3n) is 2.02. The molecule has 0 fully saturated rings. The van der Waals surface area contributed by atoms with Gasteiger partial charge in [0, 0.05) is 4.91 Å². The molecule has 0 saturated heterocycles. The van der Waals surface area contributed by atoms with Gasteiger partial charge in [-0.3, -0.25) is 0 Å². The molecule has 92 valence electrons. The van der Waals surface area contributed by atoms with Gasteiger partial charge in [0.15, 0.2) is 9.84 Å². The normalized spacial score (nSPS) is 10.7. The van der Waals surface area contributed by atoms with Crippen LogP contribution in [0.15, 0.2) is 28.2 Å². The molecule has 0 radical (unpaired) electrons. The van der Waals surface area contributed by atoms with Gasteiger partial charge in [0.2, 0.25) is 0 Å². The number of aliphatic hydroxyl groups is 1. The minimum absolute atomic E-state index is 0.0187. The number of ether oxygens (including phenoxy) is 1. The average molecular weight is 257 g/mol. The van der Waals surface area contributed by atoms with E-state index in [1.807, 2.05) is 0 Å². The number of sulfone groups is 1. The highest BCUT2D eigenvalue weighted by Crippen LogP contribution is 2.30. The predicted octanol–water partition coefficient (Wildman–Crippen LogP) is 1.40. The molecule has 0 unspecified atom stereocenters. The zero-order chi connectivity index (χ0) is 12.9. The summed E-state index contributed by atoms with van der Waals surface area (Å²) in [6.07, 6.45) is 0. The molecule has 0 heterocycles. The Morgan fingerprint density at radius 3 is 2.76 bits per heavy atom. The van der Waals surface area contributed by atoms with Gasteiger partial charge in [0.25, 0.3) is 0 Å². The molecular weight excluding hydrogens is 246 g/mol. The summed E-state index contributed by atoms with van der Waals surface area (Å²) in [6, 6.07) is 3.94. The highest BCUT2D eigenvalue weighted by atomic mass is 32.2. The Morgan fingerprint density at radius 1 is 1.53 bits per heavy atom. The van der Waals surface area contributed by atoms with Gasteiger partial charge in [0.1, 0.15) is 5.75 Å². The van der Waals surface area contributed by atoms with Crippen LogP contribution in [0.4, 0.5) is 5.69 Å². The molecule has 0 aromatic heterocycles. The van der Waals surface area contributed by atoms with Crippen molar-refractivity contribution in [3.05, 3.63) is 28.6 Å². The van der Waals surface area contributed by atoms with E-state index >= 15 is 0 Å². The maximum atomic E-state index is 11.7. The maximum Gasteiger partial charge on any atom is 0.180 e. The SMILES string of the molecule is COc1ccc(S(=O)(=O)CCO)cc1N=[N+]=[N-]. The second kappa shape index (κ2) is 5.53. The summed E-state index contributed by atoms with van der Waals surface area (Å²) >= 11 is 0. The molecule has 0 atom stereocenters. The topological polar surface area (TPSA) is 112 Å². The number of hydrogen-bond acceptors (Lipinski definition) is 5. The van der Waals surface area contributed by atoms with Crippen molar-refractivity contribution in [1.82, 2.24) is 0 Å². The average Bonchev–Trinajstić information content (AvgIpc) is 2.29. The lowest BCUT2D eigenvalue weighted by molar-refractivity contribution is 0.319. The van der Waals surface area contributed by atoms with Crippen molar-refractivity contribution in [3.8, 4) is 5.75 Å². The number of nitrogens with zero attached hydrogens (tertiary/aromatic N) is 3. The van der Waals surface area contributed by atoms with Gasteiger partial charge in [0.05, 0.1) is 30.1 Å². The van der Waals surface area contributed by atoms with Crippen LogP contribution < -0.4 is 4.74 Å². The van der Waals surface area contributed by atoms with Crippen LogP contribution in [-0.2, 0) is 9.84 Å². The first-order valence-corrected chi connectivity index (χ1v) is 6.27. The van der Waals surface area contributed by atoms with Crippen molar-refractivity contribution >= 4 is 15.5 Å². The first kappa shape index (κ1) is 13.3. The van der Waals surface area contributed by atoms with Gasteiger partial charge in [-0.2, -0.15) is 0 Å². The fourth-order valence-corrected chi connectivity index (χ4v) is 2.27. The molecule has 0 aliphatic heterocycles.